The van der Waals surface area contributed by atoms with E-state index in [-0.39, 0.29) is 29.3 Å². The summed E-state index contributed by atoms with van der Waals surface area (Å²) in [6, 6.07) is 19.6. The molecule has 0 aliphatic carbocycles. The Morgan fingerprint density at radius 3 is 2.47 bits per heavy atom. The van der Waals surface area contributed by atoms with Crippen molar-refractivity contribution < 1.29 is 14.3 Å². The molecular weight excluding hydrogens is 396 g/mol. The summed E-state index contributed by atoms with van der Waals surface area (Å²) in [5.41, 5.74) is 2.17. The third-order valence-corrected chi connectivity index (χ3v) is 7.18. The minimum absolute atomic E-state index is 0.0297. The van der Waals surface area contributed by atoms with E-state index in [4.69, 9.17) is 4.74 Å². The highest BCUT2D eigenvalue weighted by molar-refractivity contribution is 7.99. The Morgan fingerprint density at radius 2 is 1.77 bits per heavy atom. The Hall–Kier alpha value is -2.31. The summed E-state index contributed by atoms with van der Waals surface area (Å²) in [4.78, 5) is 30.5. The summed E-state index contributed by atoms with van der Waals surface area (Å²) in [6.07, 6.45) is 2.13. The fourth-order valence-electron chi connectivity index (χ4n) is 4.39. The molecular formula is C24H28N2O3S. The lowest BCUT2D eigenvalue weighted by Crippen LogP contribution is -2.43. The van der Waals surface area contributed by atoms with Gasteiger partial charge in [-0.25, -0.2) is 4.79 Å². The molecule has 2 heterocycles. The van der Waals surface area contributed by atoms with E-state index in [1.807, 2.05) is 53.4 Å². The normalized spacial score (nSPS) is 23.1. The first-order valence-corrected chi connectivity index (χ1v) is 11.6. The number of hydrogen-bond donors (Lipinski definition) is 0. The number of rotatable bonds is 9. The van der Waals surface area contributed by atoms with E-state index in [0.717, 1.165) is 29.7 Å². The van der Waals surface area contributed by atoms with Gasteiger partial charge in [0, 0.05) is 32.4 Å². The zero-order valence-corrected chi connectivity index (χ0v) is 18.1. The standard InChI is InChI=1S/C24H28N2O3S/c1-29-15-9-8-14-21(27)22-20-17-30-23(19-12-6-3-7-13-19)26(20)24(28)25(22)16-18-10-4-2-5-11-18/h2-7,10-13,20,22-23H,8-9,14-17H2,1H3/t20-,22+,23?/m0/s1. The highest BCUT2D eigenvalue weighted by atomic mass is 32.2. The number of ether oxygens (including phenoxy) is 1. The Balaban J connectivity index is 1.58. The van der Waals surface area contributed by atoms with Crippen LogP contribution in [0.4, 0.5) is 4.79 Å². The first-order chi connectivity index (χ1) is 14.7. The van der Waals surface area contributed by atoms with Crippen molar-refractivity contribution in [2.75, 3.05) is 19.5 Å². The van der Waals surface area contributed by atoms with Crippen LogP contribution in [0.5, 0.6) is 0 Å². The summed E-state index contributed by atoms with van der Waals surface area (Å²) in [6.45, 7) is 1.12. The van der Waals surface area contributed by atoms with Crippen LogP contribution in [-0.2, 0) is 16.1 Å². The number of hydrogen-bond acceptors (Lipinski definition) is 4. The molecule has 2 aromatic rings. The van der Waals surface area contributed by atoms with Crippen molar-refractivity contribution in [1.29, 1.82) is 0 Å². The number of methoxy groups -OCH3 is 1. The van der Waals surface area contributed by atoms with Crippen molar-refractivity contribution in [3.05, 3.63) is 71.8 Å². The number of carbonyl (C=O) groups excluding carboxylic acids is 2. The highest BCUT2D eigenvalue weighted by Gasteiger charge is 2.54. The molecule has 3 atom stereocenters. The molecule has 158 valence electrons. The van der Waals surface area contributed by atoms with E-state index >= 15 is 0 Å². The lowest BCUT2D eigenvalue weighted by atomic mass is 9.99. The summed E-state index contributed by atoms with van der Waals surface area (Å²) in [7, 11) is 1.68. The van der Waals surface area contributed by atoms with E-state index < -0.39 is 0 Å². The maximum absolute atomic E-state index is 13.5. The molecule has 0 aromatic heterocycles. The molecule has 2 aliphatic rings. The molecule has 0 saturated carbocycles. The Morgan fingerprint density at radius 1 is 1.07 bits per heavy atom. The maximum atomic E-state index is 13.5. The summed E-state index contributed by atoms with van der Waals surface area (Å²) < 4.78 is 5.11. The van der Waals surface area contributed by atoms with Crippen molar-refractivity contribution in [2.45, 2.75) is 43.3 Å². The smallest absolute Gasteiger partial charge is 0.322 e. The number of ketones is 1. The summed E-state index contributed by atoms with van der Waals surface area (Å²) in [5.74, 6) is 0.947. The van der Waals surface area contributed by atoms with Gasteiger partial charge < -0.3 is 14.5 Å². The number of thioether (sulfide) groups is 1. The number of carbonyl (C=O) groups is 2. The molecule has 0 radical (unpaired) electrons. The van der Waals surface area contributed by atoms with Crippen LogP contribution in [-0.4, -0.2) is 53.2 Å². The maximum Gasteiger partial charge on any atom is 0.322 e. The number of Topliss-reactive ketones (excluding diaryl/α,β-unsaturated/α-hetero) is 1. The number of urea groups is 1. The molecule has 4 rings (SSSR count). The van der Waals surface area contributed by atoms with Crippen LogP contribution in [0.1, 0.15) is 35.8 Å². The van der Waals surface area contributed by atoms with Gasteiger partial charge in [-0.2, -0.15) is 0 Å². The zero-order valence-electron chi connectivity index (χ0n) is 17.3. The van der Waals surface area contributed by atoms with Gasteiger partial charge in [-0.1, -0.05) is 60.7 Å². The van der Waals surface area contributed by atoms with Crippen LogP contribution < -0.4 is 0 Å². The average Bonchev–Trinajstić information content (AvgIpc) is 3.32. The lowest BCUT2D eigenvalue weighted by Gasteiger charge is -2.25. The molecule has 0 N–H and O–H groups in total. The van der Waals surface area contributed by atoms with Crippen molar-refractivity contribution >= 4 is 23.6 Å². The third-order valence-electron chi connectivity index (χ3n) is 5.83. The van der Waals surface area contributed by atoms with Gasteiger partial charge in [0.25, 0.3) is 0 Å². The van der Waals surface area contributed by atoms with Crippen LogP contribution in [0.25, 0.3) is 0 Å². The van der Waals surface area contributed by atoms with Crippen molar-refractivity contribution in [3.8, 4) is 0 Å². The number of benzene rings is 2. The molecule has 6 heteroatoms. The van der Waals surface area contributed by atoms with Crippen molar-refractivity contribution in [1.82, 2.24) is 9.80 Å². The molecule has 2 saturated heterocycles. The molecule has 0 spiro atoms. The molecule has 2 aliphatic heterocycles. The van der Waals surface area contributed by atoms with Gasteiger partial charge in [0.2, 0.25) is 0 Å². The minimum atomic E-state index is -0.388. The van der Waals surface area contributed by atoms with E-state index in [9.17, 15) is 9.59 Å². The van der Waals surface area contributed by atoms with Crippen LogP contribution in [0, 0.1) is 0 Å². The predicted octanol–water partition coefficient (Wildman–Crippen LogP) is 4.49. The van der Waals surface area contributed by atoms with Gasteiger partial charge in [-0.05, 0) is 24.0 Å². The quantitative estimate of drug-likeness (QED) is 0.557. The Kier molecular flexibility index (Phi) is 6.75. The molecule has 1 unspecified atom stereocenters. The van der Waals surface area contributed by atoms with E-state index in [1.54, 1.807) is 23.8 Å². The van der Waals surface area contributed by atoms with Gasteiger partial charge in [0.1, 0.15) is 11.4 Å². The van der Waals surface area contributed by atoms with Crippen molar-refractivity contribution in [2.24, 2.45) is 0 Å². The lowest BCUT2D eigenvalue weighted by molar-refractivity contribution is -0.123. The molecule has 0 bridgehead atoms. The summed E-state index contributed by atoms with van der Waals surface area (Å²) in [5, 5.41) is -0.0340. The Labute approximate surface area is 182 Å². The van der Waals surface area contributed by atoms with Crippen molar-refractivity contribution in [3.63, 3.8) is 0 Å². The third kappa shape index (κ3) is 4.25. The van der Waals surface area contributed by atoms with E-state index in [1.165, 1.54) is 0 Å². The van der Waals surface area contributed by atoms with Crippen LogP contribution >= 0.6 is 11.8 Å². The highest BCUT2D eigenvalue weighted by Crippen LogP contribution is 2.47. The number of fused-ring (bicyclic) bond motifs is 1. The van der Waals surface area contributed by atoms with Gasteiger partial charge in [0.15, 0.2) is 5.78 Å². The second-order valence-electron chi connectivity index (χ2n) is 7.83. The fraction of sp³-hybridized carbons (Fsp3) is 0.417. The molecule has 2 amide bonds. The van der Waals surface area contributed by atoms with Gasteiger partial charge in [0.05, 0.1) is 6.04 Å². The first-order valence-electron chi connectivity index (χ1n) is 10.5. The fourth-order valence-corrected chi connectivity index (χ4v) is 5.87. The van der Waals surface area contributed by atoms with E-state index in [2.05, 4.69) is 12.1 Å². The van der Waals surface area contributed by atoms with E-state index in [0.29, 0.717) is 19.6 Å². The molecule has 2 fully saturated rings. The molecule has 2 aromatic carbocycles. The molecule has 5 nitrogen and oxygen atoms in total. The second-order valence-corrected chi connectivity index (χ2v) is 8.94. The molecule has 30 heavy (non-hydrogen) atoms. The predicted molar refractivity (Wildman–Crippen MR) is 119 cm³/mol. The first kappa shape index (κ1) is 20.9. The van der Waals surface area contributed by atoms with Gasteiger partial charge in [-0.3, -0.25) is 4.79 Å². The van der Waals surface area contributed by atoms with Crippen LogP contribution in [0.2, 0.25) is 0 Å². The second kappa shape index (κ2) is 9.67. The van der Waals surface area contributed by atoms with Crippen LogP contribution in [0.15, 0.2) is 60.7 Å². The van der Waals surface area contributed by atoms with Gasteiger partial charge >= 0.3 is 6.03 Å². The SMILES string of the molecule is COCCCCC(=O)[C@H]1[C@@H]2CSC(c3ccccc3)N2C(=O)N1Cc1ccccc1. The summed E-state index contributed by atoms with van der Waals surface area (Å²) >= 11 is 1.76. The zero-order chi connectivity index (χ0) is 20.9. The topological polar surface area (TPSA) is 49.9 Å². The number of amides is 2. The van der Waals surface area contributed by atoms with Crippen LogP contribution in [0.3, 0.4) is 0 Å². The monoisotopic (exact) mass is 424 g/mol. The average molecular weight is 425 g/mol. The number of nitrogens with zero attached hydrogens (tertiary/aromatic N) is 2. The minimum Gasteiger partial charge on any atom is -0.385 e. The Bertz CT molecular complexity index is 861. The largest absolute Gasteiger partial charge is 0.385 e. The van der Waals surface area contributed by atoms with Gasteiger partial charge in [-0.15, -0.1) is 11.8 Å². The number of unbranched alkanes of at least 4 members (excludes halogenated alkanes) is 1.